The second kappa shape index (κ2) is 10.7. The van der Waals surface area contributed by atoms with E-state index in [-0.39, 0.29) is 52.1 Å². The summed E-state index contributed by atoms with van der Waals surface area (Å²) in [6.07, 6.45) is 0.174. The number of hydrogen-bond donors (Lipinski definition) is 0. The van der Waals surface area contributed by atoms with E-state index in [0.29, 0.717) is 16.7 Å². The predicted octanol–water partition coefficient (Wildman–Crippen LogP) is 13.1. The molecule has 1 heteroatoms. The molecule has 0 amide bonds. The summed E-state index contributed by atoms with van der Waals surface area (Å²) in [5.41, 5.74) is 5.68. The van der Waals surface area contributed by atoms with Crippen LogP contribution in [0.25, 0.3) is 87.3 Å². The van der Waals surface area contributed by atoms with E-state index >= 15 is 0 Å². The zero-order chi connectivity index (χ0) is 38.6. The van der Waals surface area contributed by atoms with Crippen LogP contribution < -0.4 is 0 Å². The van der Waals surface area contributed by atoms with Crippen LogP contribution >= 0.6 is 0 Å². The minimum atomic E-state index is -0.415. The van der Waals surface area contributed by atoms with E-state index in [1.807, 2.05) is 115 Å². The highest BCUT2D eigenvalue weighted by Gasteiger charge is 2.19. The Morgan fingerprint density at radius 2 is 1.04 bits per heavy atom. The second-order valence-corrected chi connectivity index (χ2v) is 12.2. The average Bonchev–Trinajstić information content (AvgIpc) is 3.60. The molecule has 0 fully saturated rings. The van der Waals surface area contributed by atoms with Crippen molar-refractivity contribution < 1.29 is 15.4 Å². The molecule has 0 saturated carbocycles. The molecule has 0 spiro atoms. The van der Waals surface area contributed by atoms with Gasteiger partial charge in [0.15, 0.2) is 0 Å². The lowest BCUT2D eigenvalue weighted by molar-refractivity contribution is 0.669. The fourth-order valence-corrected chi connectivity index (χ4v) is 7.36. The Morgan fingerprint density at radius 1 is 0.438 bits per heavy atom. The van der Waals surface area contributed by atoms with Gasteiger partial charge in [0.25, 0.3) is 0 Å². The van der Waals surface area contributed by atoms with Crippen molar-refractivity contribution in [2.24, 2.45) is 0 Å². The van der Waals surface area contributed by atoms with Crippen molar-refractivity contribution in [2.45, 2.75) is 6.42 Å². The van der Waals surface area contributed by atoms with Gasteiger partial charge in [-0.15, -0.1) is 0 Å². The molecule has 0 unspecified atom stereocenters. The third-order valence-electron chi connectivity index (χ3n) is 9.55. The van der Waals surface area contributed by atoms with Crippen LogP contribution in [0.2, 0.25) is 0 Å². The van der Waals surface area contributed by atoms with Crippen LogP contribution in [-0.2, 0) is 6.42 Å². The first kappa shape index (κ1) is 20.1. The van der Waals surface area contributed by atoms with Gasteiger partial charge in [-0.25, -0.2) is 0 Å². The van der Waals surface area contributed by atoms with Crippen LogP contribution in [-0.4, -0.2) is 0 Å². The van der Waals surface area contributed by atoms with Gasteiger partial charge in [0.1, 0.15) is 11.2 Å². The van der Waals surface area contributed by atoms with E-state index in [4.69, 9.17) is 9.90 Å². The van der Waals surface area contributed by atoms with Crippen molar-refractivity contribution in [3.8, 4) is 22.3 Å². The maximum Gasteiger partial charge on any atom is 0.135 e. The molecule has 10 rings (SSSR count). The summed E-state index contributed by atoms with van der Waals surface area (Å²) < 4.78 is 79.0. The zero-order valence-corrected chi connectivity index (χ0v) is 25.7. The van der Waals surface area contributed by atoms with Crippen molar-refractivity contribution >= 4 is 65.0 Å². The minimum absolute atomic E-state index is 0.174. The van der Waals surface area contributed by atoms with Gasteiger partial charge in [0.05, 0.1) is 11.0 Å². The number of para-hydroxylation sites is 1. The fraction of sp³-hybridized carbons (Fsp3) is 0.0213. The monoisotopic (exact) mass is 618 g/mol. The maximum atomic E-state index is 9.42. The van der Waals surface area contributed by atoms with Crippen molar-refractivity contribution in [1.29, 1.82) is 0 Å². The van der Waals surface area contributed by atoms with Gasteiger partial charge < -0.3 is 4.42 Å². The molecule has 0 aliphatic heterocycles. The van der Waals surface area contributed by atoms with Gasteiger partial charge in [-0.2, -0.15) is 0 Å². The van der Waals surface area contributed by atoms with Crippen molar-refractivity contribution in [3.05, 3.63) is 181 Å². The van der Waals surface area contributed by atoms with Crippen molar-refractivity contribution in [2.75, 3.05) is 0 Å². The molecule has 0 atom stereocenters. The van der Waals surface area contributed by atoms with Crippen LogP contribution in [0.4, 0.5) is 0 Å². The molecule has 0 N–H and O–H groups in total. The van der Waals surface area contributed by atoms with Crippen LogP contribution in [0.1, 0.15) is 22.1 Å². The standard InChI is InChI=1S/C47H30O/c1-2-12-32-27-30(21-22-31(32)11-1)28-43-37-15-5-7-18-40(37)47(41-19-8-6-16-38(41)43)42-25-24-34(35-13-3-4-14-36(35)42)33-23-26-46-44(29-33)39-17-9-10-20-45(39)48-46/h1-27,29H,28H2/i5D,6D,7D,8D,15D,16D,18D,19D. The fourth-order valence-electron chi connectivity index (χ4n) is 7.36. The smallest absolute Gasteiger partial charge is 0.135 e. The van der Waals surface area contributed by atoms with Gasteiger partial charge in [-0.3, -0.25) is 0 Å². The molecule has 0 saturated heterocycles. The Kier molecular flexibility index (Phi) is 4.48. The summed E-state index contributed by atoms with van der Waals surface area (Å²) in [7, 11) is 0. The first-order valence-electron chi connectivity index (χ1n) is 20.0. The highest BCUT2D eigenvalue weighted by Crippen LogP contribution is 2.44. The Morgan fingerprint density at radius 3 is 1.81 bits per heavy atom. The Balaban J connectivity index is 1.33. The van der Waals surface area contributed by atoms with Crippen molar-refractivity contribution in [3.63, 3.8) is 0 Å². The summed E-state index contributed by atoms with van der Waals surface area (Å²) in [6, 6.07) is 36.9. The minimum Gasteiger partial charge on any atom is -0.456 e. The van der Waals surface area contributed by atoms with Gasteiger partial charge in [0.2, 0.25) is 0 Å². The lowest BCUT2D eigenvalue weighted by Crippen LogP contribution is -1.96. The largest absolute Gasteiger partial charge is 0.456 e. The molecular formula is C47H30O. The summed E-state index contributed by atoms with van der Waals surface area (Å²) in [6.45, 7) is 0. The molecule has 1 aromatic heterocycles. The van der Waals surface area contributed by atoms with Gasteiger partial charge in [0, 0.05) is 10.8 Å². The normalized spacial score (nSPS) is 14.2. The topological polar surface area (TPSA) is 13.1 Å². The lowest BCUT2D eigenvalue weighted by Gasteiger charge is -2.19. The predicted molar refractivity (Wildman–Crippen MR) is 204 cm³/mol. The Hall–Kier alpha value is -6.18. The lowest BCUT2D eigenvalue weighted by atomic mass is 9.84. The zero-order valence-electron chi connectivity index (χ0n) is 33.7. The van der Waals surface area contributed by atoms with Gasteiger partial charge >= 0.3 is 0 Å². The van der Waals surface area contributed by atoms with E-state index in [1.165, 1.54) is 0 Å². The molecule has 1 nitrogen and oxygen atoms in total. The molecule has 1 heterocycles. The third kappa shape index (κ3) is 4.18. The summed E-state index contributed by atoms with van der Waals surface area (Å²) in [5.74, 6) is 0. The van der Waals surface area contributed by atoms with Gasteiger partial charge in [-0.1, -0.05) is 151 Å². The van der Waals surface area contributed by atoms with Crippen LogP contribution in [0.5, 0.6) is 0 Å². The molecule has 0 aliphatic rings. The van der Waals surface area contributed by atoms with Crippen molar-refractivity contribution in [1.82, 2.24) is 0 Å². The molecule has 0 aliphatic carbocycles. The highest BCUT2D eigenvalue weighted by atomic mass is 16.3. The van der Waals surface area contributed by atoms with Crippen LogP contribution in [0, 0.1) is 0 Å². The molecular weight excluding hydrogens is 581 g/mol. The number of benzene rings is 9. The van der Waals surface area contributed by atoms with E-state index < -0.39 is 24.2 Å². The summed E-state index contributed by atoms with van der Waals surface area (Å²) in [4.78, 5) is 0. The van der Waals surface area contributed by atoms with E-state index in [0.717, 1.165) is 60.2 Å². The number of hydrogen-bond acceptors (Lipinski definition) is 1. The number of fused-ring (bicyclic) bond motifs is 7. The molecule has 10 aromatic rings. The highest BCUT2D eigenvalue weighted by molar-refractivity contribution is 6.20. The SMILES string of the molecule is [2H]c1c([2H])c([2H])c2c(-c3ccc(-c4ccc5oc6ccccc6c5c4)c4ccccc34)c3c([2H])c([2H])c([2H])c([2H])c3c(Cc3ccc4ccccc4c3)c2c1[2H]. The number of furan rings is 1. The summed E-state index contributed by atoms with van der Waals surface area (Å²) >= 11 is 0. The third-order valence-corrected chi connectivity index (χ3v) is 9.55. The maximum absolute atomic E-state index is 9.42. The number of rotatable bonds is 4. The van der Waals surface area contributed by atoms with Crippen LogP contribution in [0.15, 0.2) is 174 Å². The van der Waals surface area contributed by atoms with E-state index in [9.17, 15) is 5.48 Å². The average molecular weight is 619 g/mol. The second-order valence-electron chi connectivity index (χ2n) is 12.2. The Labute approximate surface area is 289 Å². The molecule has 48 heavy (non-hydrogen) atoms. The summed E-state index contributed by atoms with van der Waals surface area (Å²) in [5, 5.41) is 6.58. The quantitative estimate of drug-likeness (QED) is 0.179. The van der Waals surface area contributed by atoms with Crippen LogP contribution in [0.3, 0.4) is 0 Å². The van der Waals surface area contributed by atoms with E-state index in [2.05, 4.69) is 6.07 Å². The van der Waals surface area contributed by atoms with E-state index in [1.54, 1.807) is 0 Å². The first-order chi connectivity index (χ1) is 27.1. The Bertz CT molecular complexity index is 3250. The molecule has 9 aromatic carbocycles. The molecule has 224 valence electrons. The molecule has 0 bridgehead atoms. The van der Waals surface area contributed by atoms with Gasteiger partial charge in [-0.05, 0) is 101 Å². The molecule has 0 radical (unpaired) electrons. The first-order valence-corrected chi connectivity index (χ1v) is 16.0.